The highest BCUT2D eigenvalue weighted by atomic mass is 16.6. The second-order valence-corrected chi connectivity index (χ2v) is 12.0. The Morgan fingerprint density at radius 3 is 1.41 bits per heavy atom. The van der Waals surface area contributed by atoms with E-state index in [1.54, 1.807) is 0 Å². The largest absolute Gasteiger partial charge is 0.462 e. The first-order valence-corrected chi connectivity index (χ1v) is 16.0. The van der Waals surface area contributed by atoms with E-state index in [4.69, 9.17) is 28.4 Å². The molecule has 0 aromatic carbocycles. The molecule has 0 aliphatic heterocycles. The van der Waals surface area contributed by atoms with Crippen molar-refractivity contribution in [2.75, 3.05) is 26.4 Å². The molecule has 0 heterocycles. The van der Waals surface area contributed by atoms with Gasteiger partial charge in [-0.15, -0.1) is 0 Å². The number of hydrogen-bond acceptors (Lipinski definition) is 10. The summed E-state index contributed by atoms with van der Waals surface area (Å²) in [5.74, 6) is -1.19. The third-order valence-electron chi connectivity index (χ3n) is 8.71. The lowest BCUT2D eigenvalue weighted by Crippen LogP contribution is -2.39. The van der Waals surface area contributed by atoms with Gasteiger partial charge in [-0.25, -0.2) is 9.59 Å². The average molecular weight is 661 g/mol. The fourth-order valence-electron chi connectivity index (χ4n) is 6.12. The van der Waals surface area contributed by atoms with Gasteiger partial charge in [-0.1, -0.05) is 20.1 Å². The van der Waals surface area contributed by atoms with Gasteiger partial charge in [0.25, 0.3) is 0 Å². The number of esters is 4. The second kappa shape index (κ2) is 23.5. The summed E-state index contributed by atoms with van der Waals surface area (Å²) in [5.41, 5.74) is 0. The highest BCUT2D eigenvalue weighted by Gasteiger charge is 2.36. The Balaban J connectivity index is 0.00000675. The molecule has 0 saturated heterocycles. The van der Waals surface area contributed by atoms with Crippen LogP contribution in [0.15, 0.2) is 25.3 Å². The van der Waals surface area contributed by atoms with E-state index in [1.165, 1.54) is 0 Å². The van der Waals surface area contributed by atoms with Crippen molar-refractivity contribution in [2.45, 2.75) is 115 Å². The maximum Gasteiger partial charge on any atom is 0.330 e. The molecule has 13 nitrogen and oxygen atoms in total. The smallest absolute Gasteiger partial charge is 0.330 e. The predicted octanol–water partition coefficient (Wildman–Crippen LogP) is 2.55. The second-order valence-electron chi connectivity index (χ2n) is 12.0. The fraction of sp³-hybridized carbons (Fsp3) is 0.758. The summed E-state index contributed by atoms with van der Waals surface area (Å²) in [4.78, 5) is 47.9. The molecule has 3 rings (SSSR count). The van der Waals surface area contributed by atoms with Gasteiger partial charge in [0.05, 0.1) is 50.5 Å². The van der Waals surface area contributed by atoms with Crippen LogP contribution in [0.4, 0.5) is 0 Å². The van der Waals surface area contributed by atoms with Crippen molar-refractivity contribution in [3.63, 3.8) is 0 Å². The molecule has 0 spiro atoms. The van der Waals surface area contributed by atoms with E-state index in [9.17, 15) is 19.2 Å². The highest BCUT2D eigenvalue weighted by molar-refractivity contribution is 5.81. The zero-order valence-electron chi connectivity index (χ0n) is 27.2. The van der Waals surface area contributed by atoms with Gasteiger partial charge in [0.2, 0.25) is 0 Å². The quantitative estimate of drug-likeness (QED) is 0.102. The van der Waals surface area contributed by atoms with Crippen molar-refractivity contribution in [1.29, 1.82) is 0 Å². The molecule has 3 atom stereocenters. The first-order chi connectivity index (χ1) is 20.8. The zero-order chi connectivity index (χ0) is 31.0. The summed E-state index contributed by atoms with van der Waals surface area (Å²) in [6.45, 7) is 10.4. The molecule has 46 heavy (non-hydrogen) atoms. The van der Waals surface area contributed by atoms with Crippen LogP contribution in [0.5, 0.6) is 0 Å². The third kappa shape index (κ3) is 15.2. The monoisotopic (exact) mass is 660 g/mol. The van der Waals surface area contributed by atoms with Gasteiger partial charge >= 0.3 is 23.9 Å². The average Bonchev–Trinajstić information content (AvgIpc) is 3.02. The topological polar surface area (TPSA) is 218 Å². The van der Waals surface area contributed by atoms with Crippen LogP contribution in [0.25, 0.3) is 0 Å². The summed E-state index contributed by atoms with van der Waals surface area (Å²) in [6.07, 6.45) is 11.8. The minimum absolute atomic E-state index is 0. The van der Waals surface area contributed by atoms with Gasteiger partial charge in [-0.3, -0.25) is 9.59 Å². The molecule has 3 saturated carbocycles. The highest BCUT2D eigenvalue weighted by Crippen LogP contribution is 2.34. The molecule has 266 valence electrons. The molecular weight excluding hydrogens is 604 g/mol. The van der Waals surface area contributed by atoms with E-state index in [2.05, 4.69) is 20.1 Å². The van der Waals surface area contributed by atoms with Crippen molar-refractivity contribution in [2.24, 2.45) is 17.8 Å². The van der Waals surface area contributed by atoms with Gasteiger partial charge in [0, 0.05) is 25.0 Å². The van der Waals surface area contributed by atoms with Gasteiger partial charge in [0.1, 0.15) is 12.2 Å². The third-order valence-corrected chi connectivity index (χ3v) is 8.71. The molecular formula is C33H56O13. The van der Waals surface area contributed by atoms with Crippen LogP contribution in [-0.4, -0.2) is 91.1 Å². The normalized spacial score (nSPS) is 27.2. The number of carbonyl (C=O) groups is 4. The van der Waals surface area contributed by atoms with Gasteiger partial charge < -0.3 is 44.8 Å². The molecule has 0 radical (unpaired) electrons. The van der Waals surface area contributed by atoms with Gasteiger partial charge in [-0.05, 0) is 76.5 Å². The van der Waals surface area contributed by atoms with Crippen LogP contribution in [0.1, 0.15) is 90.4 Å². The molecule has 13 heteroatoms. The van der Waals surface area contributed by atoms with Crippen LogP contribution < -0.4 is 0 Å². The van der Waals surface area contributed by atoms with Crippen LogP contribution >= 0.6 is 0 Å². The number of rotatable bonds is 16. The summed E-state index contributed by atoms with van der Waals surface area (Å²) < 4.78 is 33.5. The van der Waals surface area contributed by atoms with Crippen LogP contribution in [0.3, 0.4) is 0 Å². The lowest BCUT2D eigenvalue weighted by Gasteiger charge is -2.36. The molecule has 6 N–H and O–H groups in total. The summed E-state index contributed by atoms with van der Waals surface area (Å²) >= 11 is 0. The fourth-order valence-corrected chi connectivity index (χ4v) is 6.12. The predicted molar refractivity (Wildman–Crippen MR) is 169 cm³/mol. The molecule has 0 bridgehead atoms. The lowest BCUT2D eigenvalue weighted by molar-refractivity contribution is -0.169. The maximum absolute atomic E-state index is 12.9. The Morgan fingerprint density at radius 2 is 1.00 bits per heavy atom. The first-order valence-electron chi connectivity index (χ1n) is 16.0. The van der Waals surface area contributed by atoms with Crippen LogP contribution in [-0.2, 0) is 47.6 Å². The summed E-state index contributed by atoms with van der Waals surface area (Å²) in [6, 6.07) is 0. The zero-order valence-corrected chi connectivity index (χ0v) is 27.2. The molecule has 0 amide bonds. The minimum atomic E-state index is -0.428. The van der Waals surface area contributed by atoms with Gasteiger partial charge in [-0.2, -0.15) is 0 Å². The van der Waals surface area contributed by atoms with Crippen molar-refractivity contribution in [3.8, 4) is 0 Å². The Labute approximate surface area is 272 Å². The van der Waals surface area contributed by atoms with E-state index in [1.807, 2.05) is 0 Å². The Hall–Kier alpha value is -2.84. The number of hydrogen-bond donors (Lipinski definition) is 0. The molecule has 3 aliphatic carbocycles. The van der Waals surface area contributed by atoms with Crippen molar-refractivity contribution in [1.82, 2.24) is 0 Å². The molecule has 0 aromatic rings. The minimum Gasteiger partial charge on any atom is -0.462 e. The van der Waals surface area contributed by atoms with Crippen LogP contribution in [0, 0.1) is 17.8 Å². The number of carbonyl (C=O) groups excluding carboxylic acids is 4. The van der Waals surface area contributed by atoms with E-state index in [0.29, 0.717) is 58.5 Å². The van der Waals surface area contributed by atoms with Crippen molar-refractivity contribution in [3.05, 3.63) is 25.3 Å². The lowest BCUT2D eigenvalue weighted by atomic mass is 9.84. The molecule has 3 aliphatic rings. The maximum atomic E-state index is 12.9. The first kappa shape index (κ1) is 43.2. The molecule has 3 unspecified atom stereocenters. The SMILES string of the molecule is C=CC(=O)OCCCOC1CCC(C(=O)OC2CCC(OC(=O)C3CCC(OCCCOC(=O)C=C)CC3)C(C)C2)CC1.O.O.O. The summed E-state index contributed by atoms with van der Waals surface area (Å²) in [5, 5.41) is 0. The van der Waals surface area contributed by atoms with Crippen LogP contribution in [0.2, 0.25) is 0 Å². The Kier molecular flexibility index (Phi) is 22.0. The van der Waals surface area contributed by atoms with E-state index >= 15 is 0 Å². The summed E-state index contributed by atoms with van der Waals surface area (Å²) in [7, 11) is 0. The number of ether oxygens (including phenoxy) is 6. The Bertz CT molecular complexity index is 923. The van der Waals surface area contributed by atoms with E-state index in [0.717, 1.165) is 63.5 Å². The molecule has 3 fully saturated rings. The van der Waals surface area contributed by atoms with E-state index < -0.39 is 11.9 Å². The van der Waals surface area contributed by atoms with Gasteiger partial charge in [0.15, 0.2) is 0 Å². The van der Waals surface area contributed by atoms with E-state index in [-0.39, 0.29) is 70.5 Å². The molecule has 0 aromatic heterocycles. The van der Waals surface area contributed by atoms with Crippen molar-refractivity contribution < 1.29 is 64.0 Å². The Morgan fingerprint density at radius 1 is 0.587 bits per heavy atom. The standard InChI is InChI=1S/C33H50O10.3H2O/c1-4-30(34)40-20-6-18-38-26-12-8-24(9-13-26)32(36)42-28-16-17-29(23(3)22-28)43-33(37)25-10-14-27(15-11-25)39-19-7-21-41-31(35)5-2;;;/h4-5,23-29H,1-2,6-22H2,3H3;3*1H2. The van der Waals surface area contributed by atoms with Crippen molar-refractivity contribution >= 4 is 23.9 Å².